The SMILES string of the molecule is COC(=O)c1ccc(NC(=O)[C@@H](C)N(c2cc(Cl)cc(Cl)c2)S(C)(=O)=O)cc1. The summed E-state index contributed by atoms with van der Waals surface area (Å²) in [5, 5.41) is 3.09. The van der Waals surface area contributed by atoms with Gasteiger partial charge in [0.2, 0.25) is 15.9 Å². The van der Waals surface area contributed by atoms with Crippen LogP contribution in [0.1, 0.15) is 17.3 Å². The van der Waals surface area contributed by atoms with Crippen LogP contribution in [0, 0.1) is 0 Å². The Morgan fingerprint density at radius 1 is 1.07 bits per heavy atom. The summed E-state index contributed by atoms with van der Waals surface area (Å²) < 4.78 is 30.2. The molecule has 150 valence electrons. The minimum Gasteiger partial charge on any atom is -0.465 e. The first-order valence-corrected chi connectivity index (χ1v) is 10.6. The number of carbonyl (C=O) groups excluding carboxylic acids is 2. The van der Waals surface area contributed by atoms with Gasteiger partial charge in [-0.1, -0.05) is 23.2 Å². The fourth-order valence-electron chi connectivity index (χ4n) is 2.53. The first kappa shape index (κ1) is 22.0. The summed E-state index contributed by atoms with van der Waals surface area (Å²) in [5.74, 6) is -1.08. The molecule has 2 aromatic carbocycles. The maximum atomic E-state index is 12.6. The topological polar surface area (TPSA) is 92.8 Å². The Labute approximate surface area is 173 Å². The molecule has 0 saturated heterocycles. The van der Waals surface area contributed by atoms with Crippen LogP contribution in [0.25, 0.3) is 0 Å². The standard InChI is InChI=1S/C18H18Cl2N2O5S/c1-11(17(23)21-15-6-4-12(5-7-15)18(24)27-2)22(28(3,25)26)16-9-13(19)8-14(20)10-16/h4-11H,1-3H3,(H,21,23)/t11-/m1/s1. The highest BCUT2D eigenvalue weighted by atomic mass is 35.5. The van der Waals surface area contributed by atoms with E-state index in [-0.39, 0.29) is 15.7 Å². The maximum Gasteiger partial charge on any atom is 0.337 e. The van der Waals surface area contributed by atoms with Crippen LogP contribution < -0.4 is 9.62 Å². The molecule has 2 aromatic rings. The van der Waals surface area contributed by atoms with Gasteiger partial charge in [0, 0.05) is 15.7 Å². The number of hydrogen-bond donors (Lipinski definition) is 1. The molecule has 28 heavy (non-hydrogen) atoms. The molecule has 0 spiro atoms. The minimum atomic E-state index is -3.82. The van der Waals surface area contributed by atoms with Crippen molar-refractivity contribution in [2.24, 2.45) is 0 Å². The third kappa shape index (κ3) is 5.37. The zero-order valence-corrected chi connectivity index (χ0v) is 17.6. The lowest BCUT2D eigenvalue weighted by molar-refractivity contribution is -0.116. The predicted octanol–water partition coefficient (Wildman–Crippen LogP) is 3.57. The average molecular weight is 445 g/mol. The van der Waals surface area contributed by atoms with E-state index in [4.69, 9.17) is 23.2 Å². The molecule has 0 aliphatic carbocycles. The highest BCUT2D eigenvalue weighted by Gasteiger charge is 2.29. The second kappa shape index (κ2) is 8.81. The van der Waals surface area contributed by atoms with Crippen molar-refractivity contribution >= 4 is 56.5 Å². The van der Waals surface area contributed by atoms with Gasteiger partial charge in [-0.05, 0) is 49.4 Å². The molecule has 0 heterocycles. The van der Waals surface area contributed by atoms with Crippen molar-refractivity contribution in [3.63, 3.8) is 0 Å². The third-order valence-corrected chi connectivity index (χ3v) is 5.44. The van der Waals surface area contributed by atoms with Gasteiger partial charge in [0.05, 0.1) is 24.6 Å². The molecule has 2 rings (SSSR count). The number of halogens is 2. The number of ether oxygens (including phenoxy) is 1. The number of rotatable bonds is 6. The monoisotopic (exact) mass is 444 g/mol. The van der Waals surface area contributed by atoms with Gasteiger partial charge in [0.25, 0.3) is 0 Å². The molecule has 1 amide bonds. The summed E-state index contributed by atoms with van der Waals surface area (Å²) >= 11 is 11.9. The minimum absolute atomic E-state index is 0.170. The normalized spacial score (nSPS) is 12.2. The molecule has 0 radical (unpaired) electrons. The van der Waals surface area contributed by atoms with Crippen LogP contribution in [0.2, 0.25) is 10.0 Å². The number of sulfonamides is 1. The van der Waals surface area contributed by atoms with Crippen molar-refractivity contribution in [3.05, 3.63) is 58.1 Å². The highest BCUT2D eigenvalue weighted by molar-refractivity contribution is 7.92. The average Bonchev–Trinajstić information content (AvgIpc) is 2.59. The van der Waals surface area contributed by atoms with E-state index in [0.717, 1.165) is 10.6 Å². The summed E-state index contributed by atoms with van der Waals surface area (Å²) in [6.07, 6.45) is 0.983. The zero-order chi connectivity index (χ0) is 21.1. The number of nitrogens with one attached hydrogen (secondary N) is 1. The Balaban J connectivity index is 2.28. The number of benzene rings is 2. The van der Waals surface area contributed by atoms with E-state index < -0.39 is 27.9 Å². The molecular weight excluding hydrogens is 427 g/mol. The molecule has 10 heteroatoms. The highest BCUT2D eigenvalue weighted by Crippen LogP contribution is 2.29. The van der Waals surface area contributed by atoms with Gasteiger partial charge in [-0.15, -0.1) is 0 Å². The largest absolute Gasteiger partial charge is 0.465 e. The van der Waals surface area contributed by atoms with E-state index in [1.165, 1.54) is 56.5 Å². The Morgan fingerprint density at radius 2 is 1.61 bits per heavy atom. The fourth-order valence-corrected chi connectivity index (χ4v) is 4.20. The lowest BCUT2D eigenvalue weighted by Gasteiger charge is -2.28. The van der Waals surface area contributed by atoms with Crippen molar-refractivity contribution in [3.8, 4) is 0 Å². The molecular formula is C18H18Cl2N2O5S. The first-order chi connectivity index (χ1) is 13.0. The van der Waals surface area contributed by atoms with Crippen molar-refractivity contribution in [2.45, 2.75) is 13.0 Å². The van der Waals surface area contributed by atoms with Crippen molar-refractivity contribution < 1.29 is 22.7 Å². The molecule has 0 aromatic heterocycles. The van der Waals surface area contributed by atoms with Crippen LogP contribution in [0.5, 0.6) is 0 Å². The fraction of sp³-hybridized carbons (Fsp3) is 0.222. The van der Waals surface area contributed by atoms with E-state index in [1.54, 1.807) is 0 Å². The number of nitrogens with zero attached hydrogens (tertiary/aromatic N) is 1. The quantitative estimate of drug-likeness (QED) is 0.687. The summed E-state index contributed by atoms with van der Waals surface area (Å²) in [6, 6.07) is 9.17. The van der Waals surface area contributed by atoms with Gasteiger partial charge in [-0.25, -0.2) is 13.2 Å². The predicted molar refractivity (Wildman–Crippen MR) is 110 cm³/mol. The van der Waals surface area contributed by atoms with Crippen LogP contribution in [-0.4, -0.2) is 39.7 Å². The molecule has 1 atom stereocenters. The van der Waals surface area contributed by atoms with Gasteiger partial charge in [-0.3, -0.25) is 9.10 Å². The van der Waals surface area contributed by atoms with Crippen LogP contribution in [-0.2, 0) is 19.6 Å². The smallest absolute Gasteiger partial charge is 0.337 e. The van der Waals surface area contributed by atoms with Gasteiger partial charge in [-0.2, -0.15) is 0 Å². The lowest BCUT2D eigenvalue weighted by Crippen LogP contribution is -2.45. The molecule has 0 unspecified atom stereocenters. The van der Waals surface area contributed by atoms with Crippen molar-refractivity contribution in [2.75, 3.05) is 23.0 Å². The Morgan fingerprint density at radius 3 is 2.07 bits per heavy atom. The summed E-state index contributed by atoms with van der Waals surface area (Å²) in [4.78, 5) is 24.1. The Hall–Kier alpha value is -2.29. The lowest BCUT2D eigenvalue weighted by atomic mass is 10.2. The third-order valence-electron chi connectivity index (χ3n) is 3.76. The van der Waals surface area contributed by atoms with Gasteiger partial charge in [0.15, 0.2) is 0 Å². The molecule has 0 saturated carbocycles. The molecule has 0 aliphatic rings. The first-order valence-electron chi connectivity index (χ1n) is 7.97. The second-order valence-electron chi connectivity index (χ2n) is 5.92. The number of anilines is 2. The number of hydrogen-bond acceptors (Lipinski definition) is 5. The molecule has 0 aliphatic heterocycles. The van der Waals surface area contributed by atoms with Crippen LogP contribution in [0.15, 0.2) is 42.5 Å². The molecule has 0 fully saturated rings. The van der Waals surface area contributed by atoms with Gasteiger partial charge >= 0.3 is 5.97 Å². The maximum absolute atomic E-state index is 12.6. The molecule has 0 bridgehead atoms. The van der Waals surface area contributed by atoms with E-state index in [2.05, 4.69) is 10.1 Å². The van der Waals surface area contributed by atoms with Crippen LogP contribution >= 0.6 is 23.2 Å². The van der Waals surface area contributed by atoms with Crippen LogP contribution in [0.4, 0.5) is 11.4 Å². The summed E-state index contributed by atoms with van der Waals surface area (Å²) in [5.41, 5.74) is 0.880. The van der Waals surface area contributed by atoms with Crippen molar-refractivity contribution in [1.29, 1.82) is 0 Å². The number of carbonyl (C=O) groups is 2. The number of methoxy groups -OCH3 is 1. The second-order valence-corrected chi connectivity index (χ2v) is 8.65. The van der Waals surface area contributed by atoms with Gasteiger partial charge < -0.3 is 10.1 Å². The van der Waals surface area contributed by atoms with Gasteiger partial charge in [0.1, 0.15) is 6.04 Å². The molecule has 1 N–H and O–H groups in total. The van der Waals surface area contributed by atoms with E-state index >= 15 is 0 Å². The van der Waals surface area contributed by atoms with E-state index in [9.17, 15) is 18.0 Å². The van der Waals surface area contributed by atoms with E-state index in [1.807, 2.05) is 0 Å². The zero-order valence-electron chi connectivity index (χ0n) is 15.3. The Bertz CT molecular complexity index is 973. The Kier molecular flexibility index (Phi) is 6.92. The van der Waals surface area contributed by atoms with Crippen molar-refractivity contribution in [1.82, 2.24) is 0 Å². The van der Waals surface area contributed by atoms with Crippen LogP contribution in [0.3, 0.4) is 0 Å². The number of amides is 1. The summed E-state index contributed by atoms with van der Waals surface area (Å²) in [7, 11) is -2.55. The summed E-state index contributed by atoms with van der Waals surface area (Å²) in [6.45, 7) is 1.44. The number of esters is 1. The molecule has 7 nitrogen and oxygen atoms in total. The van der Waals surface area contributed by atoms with E-state index in [0.29, 0.717) is 11.3 Å².